The van der Waals surface area contributed by atoms with Gasteiger partial charge in [-0.05, 0) is 6.92 Å². The molecule has 1 rings (SSSR count). The van der Waals surface area contributed by atoms with E-state index in [-0.39, 0.29) is 4.99 Å². The van der Waals surface area contributed by atoms with E-state index >= 15 is 0 Å². The molecule has 8 heteroatoms. The number of hydrogen-bond donors (Lipinski definition) is 2. The Morgan fingerprint density at radius 1 is 1.53 bits per heavy atom. The third kappa shape index (κ3) is 5.09. The highest BCUT2D eigenvalue weighted by atomic mass is 32.2. The van der Waals surface area contributed by atoms with Gasteiger partial charge in [0.05, 0.1) is 4.99 Å². The third-order valence-corrected chi connectivity index (χ3v) is 5.94. The average Bonchev–Trinajstić information content (AvgIpc) is 2.29. The first-order valence-corrected chi connectivity index (χ1v) is 8.62. The number of nitrogens with two attached hydrogens (primary N) is 1. The molecule has 17 heavy (non-hydrogen) atoms. The molecule has 0 amide bonds. The zero-order valence-corrected chi connectivity index (χ0v) is 12.3. The number of thioether (sulfide) groups is 1. The molecule has 100 valence electrons. The summed E-state index contributed by atoms with van der Waals surface area (Å²) in [6, 6.07) is 0. The molecule has 0 bridgehead atoms. The van der Waals surface area contributed by atoms with Gasteiger partial charge in [-0.25, -0.2) is 13.1 Å². The summed E-state index contributed by atoms with van der Waals surface area (Å²) in [6.07, 6.45) is 0. The fraction of sp³-hybridized carbons (Fsp3) is 0.889. The number of thiocarbonyl (C=S) groups is 1. The maximum atomic E-state index is 11.7. The van der Waals surface area contributed by atoms with Gasteiger partial charge in [0, 0.05) is 37.7 Å². The van der Waals surface area contributed by atoms with E-state index in [1.54, 1.807) is 0 Å². The first kappa shape index (κ1) is 15.2. The average molecular weight is 297 g/mol. The van der Waals surface area contributed by atoms with Gasteiger partial charge in [0.25, 0.3) is 0 Å². The van der Waals surface area contributed by atoms with E-state index in [1.165, 1.54) is 6.92 Å². The van der Waals surface area contributed by atoms with Crippen molar-refractivity contribution in [3.63, 3.8) is 0 Å². The molecule has 0 aliphatic carbocycles. The highest BCUT2D eigenvalue weighted by Gasteiger charge is 2.22. The topological polar surface area (TPSA) is 75.4 Å². The highest BCUT2D eigenvalue weighted by molar-refractivity contribution is 7.99. The summed E-state index contributed by atoms with van der Waals surface area (Å²) >= 11 is 6.62. The Labute approximate surface area is 113 Å². The summed E-state index contributed by atoms with van der Waals surface area (Å²) in [6.45, 7) is 4.71. The maximum Gasteiger partial charge on any atom is 0.220 e. The van der Waals surface area contributed by atoms with Crippen LogP contribution in [0.2, 0.25) is 0 Å². The van der Waals surface area contributed by atoms with E-state index in [2.05, 4.69) is 21.8 Å². The van der Waals surface area contributed by atoms with Crippen LogP contribution in [0.3, 0.4) is 0 Å². The summed E-state index contributed by atoms with van der Waals surface area (Å²) < 4.78 is 26.0. The Kier molecular flexibility index (Phi) is 6.14. The van der Waals surface area contributed by atoms with Gasteiger partial charge in [0.2, 0.25) is 10.0 Å². The van der Waals surface area contributed by atoms with Gasteiger partial charge in [-0.1, -0.05) is 12.2 Å². The van der Waals surface area contributed by atoms with E-state index in [1.807, 2.05) is 11.8 Å². The standard InChI is InChI=1S/C9H19N3O2S3/c1-8(9(10)15)17(13,14)11-2-3-12-4-6-16-7-5-12/h8,11H,2-7H2,1H3,(H2,10,15). The normalized spacial score (nSPS) is 20.1. The van der Waals surface area contributed by atoms with Crippen molar-refractivity contribution in [1.82, 2.24) is 9.62 Å². The molecular weight excluding hydrogens is 278 g/mol. The van der Waals surface area contributed by atoms with Crippen molar-refractivity contribution in [3.8, 4) is 0 Å². The molecule has 3 N–H and O–H groups in total. The van der Waals surface area contributed by atoms with Crippen molar-refractivity contribution in [2.24, 2.45) is 5.73 Å². The Morgan fingerprint density at radius 3 is 2.65 bits per heavy atom. The van der Waals surface area contributed by atoms with Crippen LogP contribution in [-0.4, -0.2) is 61.2 Å². The van der Waals surface area contributed by atoms with Gasteiger partial charge in [0.15, 0.2) is 0 Å². The zero-order chi connectivity index (χ0) is 12.9. The zero-order valence-electron chi connectivity index (χ0n) is 9.89. The predicted octanol–water partition coefficient (Wildman–Crippen LogP) is -0.371. The molecule has 0 radical (unpaired) electrons. The van der Waals surface area contributed by atoms with Crippen molar-refractivity contribution >= 4 is 39.0 Å². The minimum absolute atomic E-state index is 0.00636. The van der Waals surface area contributed by atoms with Crippen LogP contribution in [0.15, 0.2) is 0 Å². The molecule has 5 nitrogen and oxygen atoms in total. The van der Waals surface area contributed by atoms with E-state index in [9.17, 15) is 8.42 Å². The van der Waals surface area contributed by atoms with E-state index in [4.69, 9.17) is 5.73 Å². The number of sulfonamides is 1. The second-order valence-corrected chi connectivity index (χ2v) is 7.72. The van der Waals surface area contributed by atoms with Crippen LogP contribution < -0.4 is 10.5 Å². The fourth-order valence-corrected chi connectivity index (χ4v) is 3.74. The Balaban J connectivity index is 2.32. The molecule has 1 unspecified atom stereocenters. The van der Waals surface area contributed by atoms with Crippen LogP contribution in [0.1, 0.15) is 6.92 Å². The van der Waals surface area contributed by atoms with Crippen LogP contribution in [0.4, 0.5) is 0 Å². The molecule has 1 aliphatic rings. The summed E-state index contributed by atoms with van der Waals surface area (Å²) in [5.74, 6) is 2.24. The summed E-state index contributed by atoms with van der Waals surface area (Å²) in [5, 5.41) is -0.811. The minimum atomic E-state index is -3.41. The Morgan fingerprint density at radius 2 is 2.12 bits per heavy atom. The van der Waals surface area contributed by atoms with Gasteiger partial charge in [0.1, 0.15) is 5.25 Å². The molecular formula is C9H19N3O2S3. The molecule has 1 saturated heterocycles. The molecule has 0 aromatic heterocycles. The lowest BCUT2D eigenvalue weighted by Crippen LogP contribution is -2.44. The Hall–Kier alpha value is 0.110. The van der Waals surface area contributed by atoms with Gasteiger partial charge >= 0.3 is 0 Å². The van der Waals surface area contributed by atoms with Crippen molar-refractivity contribution in [1.29, 1.82) is 0 Å². The summed E-state index contributed by atoms with van der Waals surface area (Å²) in [5.41, 5.74) is 5.34. The largest absolute Gasteiger partial charge is 0.392 e. The van der Waals surface area contributed by atoms with Crippen molar-refractivity contribution in [3.05, 3.63) is 0 Å². The molecule has 1 atom stereocenters. The minimum Gasteiger partial charge on any atom is -0.392 e. The maximum absolute atomic E-state index is 11.7. The van der Waals surface area contributed by atoms with E-state index < -0.39 is 15.3 Å². The number of hydrogen-bond acceptors (Lipinski definition) is 5. The van der Waals surface area contributed by atoms with Gasteiger partial charge in [-0.2, -0.15) is 11.8 Å². The lowest BCUT2D eigenvalue weighted by Gasteiger charge is -2.26. The Bertz CT molecular complexity index is 352. The van der Waals surface area contributed by atoms with Crippen molar-refractivity contribution < 1.29 is 8.42 Å². The molecule has 0 saturated carbocycles. The van der Waals surface area contributed by atoms with Crippen molar-refractivity contribution in [2.75, 3.05) is 37.7 Å². The van der Waals surface area contributed by atoms with Gasteiger partial charge in [-0.3, -0.25) is 0 Å². The molecule has 0 aromatic rings. The quantitative estimate of drug-likeness (QED) is 0.652. The first-order valence-electron chi connectivity index (χ1n) is 5.51. The number of nitrogens with zero attached hydrogens (tertiary/aromatic N) is 1. The van der Waals surface area contributed by atoms with Gasteiger partial charge in [-0.15, -0.1) is 0 Å². The van der Waals surface area contributed by atoms with Crippen LogP contribution >= 0.6 is 24.0 Å². The number of rotatable bonds is 6. The molecule has 1 fully saturated rings. The molecule has 0 aromatic carbocycles. The van der Waals surface area contributed by atoms with E-state index in [0.29, 0.717) is 6.54 Å². The second kappa shape index (κ2) is 6.89. The predicted molar refractivity (Wildman–Crippen MR) is 76.9 cm³/mol. The monoisotopic (exact) mass is 297 g/mol. The van der Waals surface area contributed by atoms with Crippen LogP contribution in [0.5, 0.6) is 0 Å². The molecule has 1 heterocycles. The van der Waals surface area contributed by atoms with Gasteiger partial charge < -0.3 is 10.6 Å². The third-order valence-electron chi connectivity index (χ3n) is 2.70. The molecule has 0 spiro atoms. The fourth-order valence-electron chi connectivity index (χ4n) is 1.45. The second-order valence-electron chi connectivity index (χ2n) is 3.94. The summed E-state index contributed by atoms with van der Waals surface area (Å²) in [7, 11) is -3.41. The lowest BCUT2D eigenvalue weighted by molar-refractivity contribution is 0.307. The lowest BCUT2D eigenvalue weighted by atomic mass is 10.5. The SMILES string of the molecule is CC(C(N)=S)S(=O)(=O)NCCN1CCSCC1. The highest BCUT2D eigenvalue weighted by Crippen LogP contribution is 2.08. The molecule has 1 aliphatic heterocycles. The smallest absolute Gasteiger partial charge is 0.220 e. The first-order chi connectivity index (χ1) is 7.93. The van der Waals surface area contributed by atoms with Crippen molar-refractivity contribution in [2.45, 2.75) is 12.2 Å². The van der Waals surface area contributed by atoms with E-state index in [0.717, 1.165) is 31.1 Å². The summed E-state index contributed by atoms with van der Waals surface area (Å²) in [4.78, 5) is 2.26. The number of nitrogens with one attached hydrogen (secondary N) is 1. The van der Waals surface area contributed by atoms with Crippen LogP contribution in [-0.2, 0) is 10.0 Å². The van der Waals surface area contributed by atoms with Crippen LogP contribution in [0.25, 0.3) is 0 Å². The van der Waals surface area contributed by atoms with Crippen LogP contribution in [0, 0.1) is 0 Å².